The van der Waals surface area contributed by atoms with Crippen molar-refractivity contribution >= 4 is 21.3 Å². The van der Waals surface area contributed by atoms with Crippen molar-refractivity contribution in [2.45, 2.75) is 49.4 Å². The third kappa shape index (κ3) is 3.79. The molecule has 0 radical (unpaired) electrons. The molecule has 3 heterocycles. The van der Waals surface area contributed by atoms with E-state index in [1.165, 1.54) is 22.9 Å². The quantitative estimate of drug-likeness (QED) is 0.555. The molecule has 4 rings (SSSR count). The second-order valence-electron chi connectivity index (χ2n) is 8.99. The van der Waals surface area contributed by atoms with Gasteiger partial charge in [0.05, 0.1) is 34.9 Å². The first-order valence-electron chi connectivity index (χ1n) is 10.1. The molecule has 0 atom stereocenters. The maximum Gasteiger partial charge on any atom is 0.224 e. The van der Waals surface area contributed by atoms with E-state index in [0.29, 0.717) is 12.8 Å². The summed E-state index contributed by atoms with van der Waals surface area (Å²) in [6.45, 7) is 4.93. The van der Waals surface area contributed by atoms with Gasteiger partial charge in [0.1, 0.15) is 16.3 Å². The molecule has 0 spiro atoms. The molecular formula is C21H24F2N4O4S. The van der Waals surface area contributed by atoms with E-state index in [9.17, 15) is 22.3 Å². The summed E-state index contributed by atoms with van der Waals surface area (Å²) in [5.41, 5.74) is 5.52. The molecule has 0 amide bonds. The van der Waals surface area contributed by atoms with Crippen molar-refractivity contribution in [2.75, 3.05) is 12.3 Å². The van der Waals surface area contributed by atoms with Crippen LogP contribution < -0.4 is 10.5 Å². The number of nitrogen functional groups attached to an aromatic ring is 1. The maximum atomic E-state index is 14.4. The topological polar surface area (TPSA) is 120 Å². The second kappa shape index (κ2) is 7.66. The predicted octanol–water partition coefficient (Wildman–Crippen LogP) is 2.98. The molecule has 3 N–H and O–H groups in total. The third-order valence-electron chi connectivity index (χ3n) is 5.59. The number of nitrogens with two attached hydrogens (primary N) is 1. The lowest BCUT2D eigenvalue weighted by molar-refractivity contribution is 0.0197. The standard InChI is InChI=1S/C21H24F2N4O4S/c1-21(2,3)32(29,30)17-9-27-15(13-6-14(22)20(24)26-19(13)23)8-25-18(27)7-16(17)31-10-11-4-12(28)5-11/h6-9,11-12,28H,4-5,10H2,1-3H3,(H2,24,26). The van der Waals surface area contributed by atoms with Gasteiger partial charge < -0.3 is 15.6 Å². The Labute approximate surface area is 184 Å². The van der Waals surface area contributed by atoms with Crippen molar-refractivity contribution < 1.29 is 27.0 Å². The van der Waals surface area contributed by atoms with Crippen LogP contribution in [0.5, 0.6) is 5.75 Å². The van der Waals surface area contributed by atoms with Crippen LogP contribution in [-0.4, -0.2) is 45.4 Å². The first-order valence-corrected chi connectivity index (χ1v) is 11.6. The van der Waals surface area contributed by atoms with Crippen LogP contribution in [0.4, 0.5) is 14.6 Å². The largest absolute Gasteiger partial charge is 0.492 e. The lowest BCUT2D eigenvalue weighted by Crippen LogP contribution is -2.33. The van der Waals surface area contributed by atoms with E-state index in [1.54, 1.807) is 20.8 Å². The van der Waals surface area contributed by atoms with Gasteiger partial charge in [-0.25, -0.2) is 17.8 Å². The van der Waals surface area contributed by atoms with Gasteiger partial charge in [-0.2, -0.15) is 9.37 Å². The first-order chi connectivity index (χ1) is 14.9. The van der Waals surface area contributed by atoms with Crippen molar-refractivity contribution in [3.05, 3.63) is 36.3 Å². The highest BCUT2D eigenvalue weighted by atomic mass is 32.2. The molecular weight excluding hydrogens is 442 g/mol. The number of hydrogen-bond donors (Lipinski definition) is 2. The molecule has 1 aliphatic carbocycles. The van der Waals surface area contributed by atoms with Gasteiger partial charge in [0.2, 0.25) is 5.95 Å². The summed E-state index contributed by atoms with van der Waals surface area (Å²) in [6, 6.07) is 2.35. The van der Waals surface area contributed by atoms with Gasteiger partial charge in [-0.05, 0) is 45.6 Å². The van der Waals surface area contributed by atoms with Gasteiger partial charge in [-0.1, -0.05) is 0 Å². The molecule has 8 nitrogen and oxygen atoms in total. The number of nitrogens with zero attached hydrogens (tertiary/aromatic N) is 3. The molecule has 0 aliphatic heterocycles. The van der Waals surface area contributed by atoms with Crippen molar-refractivity contribution in [1.82, 2.24) is 14.4 Å². The van der Waals surface area contributed by atoms with Crippen LogP contribution in [-0.2, 0) is 9.84 Å². The summed E-state index contributed by atoms with van der Waals surface area (Å²) < 4.78 is 61.1. The highest BCUT2D eigenvalue weighted by molar-refractivity contribution is 7.92. The van der Waals surface area contributed by atoms with E-state index in [0.717, 1.165) is 6.07 Å². The normalized spacial score (nSPS) is 19.2. The Kier molecular flexibility index (Phi) is 5.36. The summed E-state index contributed by atoms with van der Waals surface area (Å²) in [7, 11) is -3.87. The number of sulfone groups is 1. The Morgan fingerprint density at radius 2 is 1.97 bits per heavy atom. The van der Waals surface area contributed by atoms with Crippen LogP contribution in [0, 0.1) is 17.7 Å². The molecule has 0 aromatic carbocycles. The molecule has 1 fully saturated rings. The van der Waals surface area contributed by atoms with Crippen molar-refractivity contribution in [1.29, 1.82) is 0 Å². The second-order valence-corrected chi connectivity index (χ2v) is 11.7. The minimum atomic E-state index is -3.87. The van der Waals surface area contributed by atoms with Gasteiger partial charge >= 0.3 is 0 Å². The molecule has 11 heteroatoms. The lowest BCUT2D eigenvalue weighted by atomic mass is 9.83. The fraction of sp³-hybridized carbons (Fsp3) is 0.429. The molecule has 3 aromatic heterocycles. The SMILES string of the molecule is CC(C)(C)S(=O)(=O)c1cn2c(-c3cc(F)c(N)nc3F)cnc2cc1OCC1CC(O)C1. The highest BCUT2D eigenvalue weighted by Crippen LogP contribution is 2.36. The number of halogens is 2. The van der Waals surface area contributed by atoms with E-state index in [1.807, 2.05) is 0 Å². The maximum absolute atomic E-state index is 14.4. The minimum Gasteiger partial charge on any atom is -0.492 e. The average molecular weight is 467 g/mol. The fourth-order valence-corrected chi connectivity index (χ4v) is 4.82. The Hall–Kier alpha value is -2.79. The fourth-order valence-electron chi connectivity index (χ4n) is 3.53. The number of imidazole rings is 1. The molecule has 0 bridgehead atoms. The molecule has 1 saturated carbocycles. The first kappa shape index (κ1) is 22.4. The lowest BCUT2D eigenvalue weighted by Gasteiger charge is -2.31. The van der Waals surface area contributed by atoms with Gasteiger partial charge in [-0.15, -0.1) is 0 Å². The van der Waals surface area contributed by atoms with E-state index >= 15 is 0 Å². The Bertz CT molecular complexity index is 1300. The average Bonchev–Trinajstić information content (AvgIpc) is 3.08. The number of pyridine rings is 2. The number of ether oxygens (including phenoxy) is 1. The van der Waals surface area contributed by atoms with Gasteiger partial charge in [0.25, 0.3) is 0 Å². The monoisotopic (exact) mass is 466 g/mol. The number of aliphatic hydroxyl groups is 1. The summed E-state index contributed by atoms with van der Waals surface area (Å²) in [4.78, 5) is 7.48. The zero-order chi connectivity index (χ0) is 23.4. The van der Waals surface area contributed by atoms with Gasteiger partial charge in [0.15, 0.2) is 21.5 Å². The zero-order valence-corrected chi connectivity index (χ0v) is 18.7. The minimum absolute atomic E-state index is 0.0964. The van der Waals surface area contributed by atoms with Crippen LogP contribution in [0.1, 0.15) is 33.6 Å². The van der Waals surface area contributed by atoms with E-state index in [4.69, 9.17) is 10.5 Å². The van der Waals surface area contributed by atoms with Gasteiger partial charge in [0, 0.05) is 12.3 Å². The third-order valence-corrected chi connectivity index (χ3v) is 8.09. The Balaban J connectivity index is 1.86. The van der Waals surface area contributed by atoms with Crippen LogP contribution >= 0.6 is 0 Å². The number of hydrogen-bond acceptors (Lipinski definition) is 7. The molecule has 0 unspecified atom stereocenters. The number of rotatable bonds is 5. The molecule has 1 aliphatic rings. The molecule has 0 saturated heterocycles. The summed E-state index contributed by atoms with van der Waals surface area (Å²) >= 11 is 0. The number of anilines is 1. The highest BCUT2D eigenvalue weighted by Gasteiger charge is 2.35. The summed E-state index contributed by atoms with van der Waals surface area (Å²) in [5.74, 6) is -2.24. The van der Waals surface area contributed by atoms with E-state index in [2.05, 4.69) is 9.97 Å². The number of fused-ring (bicyclic) bond motifs is 1. The zero-order valence-electron chi connectivity index (χ0n) is 17.8. The van der Waals surface area contributed by atoms with Crippen molar-refractivity contribution in [3.8, 4) is 17.0 Å². The van der Waals surface area contributed by atoms with E-state index in [-0.39, 0.29) is 46.2 Å². The van der Waals surface area contributed by atoms with Crippen LogP contribution in [0.2, 0.25) is 0 Å². The van der Waals surface area contributed by atoms with Crippen LogP contribution in [0.25, 0.3) is 16.9 Å². The van der Waals surface area contributed by atoms with Gasteiger partial charge in [-0.3, -0.25) is 4.40 Å². The van der Waals surface area contributed by atoms with Crippen molar-refractivity contribution in [2.24, 2.45) is 5.92 Å². The van der Waals surface area contributed by atoms with Crippen LogP contribution in [0.3, 0.4) is 0 Å². The van der Waals surface area contributed by atoms with Crippen molar-refractivity contribution in [3.63, 3.8) is 0 Å². The summed E-state index contributed by atoms with van der Waals surface area (Å²) in [6.07, 6.45) is 3.42. The smallest absolute Gasteiger partial charge is 0.224 e. The Morgan fingerprint density at radius 1 is 1.28 bits per heavy atom. The van der Waals surface area contributed by atoms with E-state index < -0.39 is 32.2 Å². The molecule has 172 valence electrons. The summed E-state index contributed by atoms with van der Waals surface area (Å²) in [5, 5.41) is 9.48. The predicted molar refractivity (Wildman–Crippen MR) is 114 cm³/mol. The number of aliphatic hydroxyl groups excluding tert-OH is 1. The Morgan fingerprint density at radius 3 is 2.59 bits per heavy atom. The van der Waals surface area contributed by atoms with Crippen LogP contribution in [0.15, 0.2) is 29.4 Å². The molecule has 3 aromatic rings. The number of aromatic nitrogens is 3. The molecule has 32 heavy (non-hydrogen) atoms.